The Kier molecular flexibility index (Phi) is 11.3. The molecule has 0 spiro atoms. The lowest BCUT2D eigenvalue weighted by Crippen LogP contribution is -2.38. The number of rotatable bonds is 13. The summed E-state index contributed by atoms with van der Waals surface area (Å²) in [6.45, 7) is 4.21. The largest absolute Gasteiger partial charge is 0.392 e. The Labute approximate surface area is 244 Å². The molecule has 1 aromatic heterocycles. The van der Waals surface area contributed by atoms with Gasteiger partial charge >= 0.3 is 0 Å². The van der Waals surface area contributed by atoms with Crippen LogP contribution in [0.1, 0.15) is 68.6 Å². The Hall–Kier alpha value is -3.32. The molecule has 1 aliphatic heterocycles. The topological polar surface area (TPSA) is 140 Å². The average molecular weight is 583 g/mol. The number of nitrogens with zero attached hydrogens (tertiary/aromatic N) is 4. The summed E-state index contributed by atoms with van der Waals surface area (Å²) in [7, 11) is 1.80. The van der Waals surface area contributed by atoms with E-state index >= 15 is 0 Å². The molecule has 0 unspecified atom stereocenters. The summed E-state index contributed by atoms with van der Waals surface area (Å²) >= 11 is 1.53. The number of amides is 2. The second-order valence-electron chi connectivity index (χ2n) is 10.2. The number of hydrogen-bond acceptors (Lipinski definition) is 9. The zero-order valence-corrected chi connectivity index (χ0v) is 24.5. The first-order chi connectivity index (χ1) is 19.8. The van der Waals surface area contributed by atoms with Crippen molar-refractivity contribution in [3.05, 3.63) is 65.2 Å². The lowest BCUT2D eigenvalue weighted by Gasteiger charge is -2.41. The number of hydrogen-bond donors (Lipinski definition) is 3. The summed E-state index contributed by atoms with van der Waals surface area (Å²) in [4.78, 5) is 23.5. The molecule has 0 bridgehead atoms. The van der Waals surface area contributed by atoms with Crippen LogP contribution in [0.15, 0.2) is 53.7 Å². The van der Waals surface area contributed by atoms with Gasteiger partial charge in [0.1, 0.15) is 0 Å². The van der Waals surface area contributed by atoms with E-state index < -0.39 is 6.29 Å². The van der Waals surface area contributed by atoms with Crippen LogP contribution in [-0.4, -0.2) is 55.5 Å². The molecule has 1 aliphatic rings. The third kappa shape index (κ3) is 8.83. The number of carbonyl (C=O) groups is 2. The number of nitrogens with one attached hydrogen (secondary N) is 2. The lowest BCUT2D eigenvalue weighted by molar-refractivity contribution is -0.268. The van der Waals surface area contributed by atoms with Gasteiger partial charge in [0.2, 0.25) is 17.0 Å². The SMILES string of the molecule is CC(=O)NCCCCCC(=O)Nc1cccc([C@@H]2O[C@H](CSc3nnnn3C)[C@H](C)[C@H](c3ccc(CO)cc3)O2)c1. The highest BCUT2D eigenvalue weighted by Gasteiger charge is 2.38. The van der Waals surface area contributed by atoms with Crippen LogP contribution in [0, 0.1) is 5.92 Å². The summed E-state index contributed by atoms with van der Waals surface area (Å²) < 4.78 is 14.7. The Morgan fingerprint density at radius 1 is 1.07 bits per heavy atom. The number of ether oxygens (including phenoxy) is 2. The Morgan fingerprint density at radius 3 is 2.59 bits per heavy atom. The molecule has 4 rings (SSSR count). The minimum atomic E-state index is -0.650. The van der Waals surface area contributed by atoms with E-state index in [-0.39, 0.29) is 36.5 Å². The molecule has 11 nitrogen and oxygen atoms in total. The number of carbonyl (C=O) groups excluding carboxylic acids is 2. The van der Waals surface area contributed by atoms with Crippen molar-refractivity contribution in [3.8, 4) is 0 Å². The van der Waals surface area contributed by atoms with E-state index in [9.17, 15) is 14.7 Å². The van der Waals surface area contributed by atoms with Crippen molar-refractivity contribution in [2.45, 2.75) is 69.8 Å². The van der Waals surface area contributed by atoms with Crippen LogP contribution in [0.2, 0.25) is 0 Å². The number of anilines is 1. The van der Waals surface area contributed by atoms with Gasteiger partial charge in [0.05, 0.1) is 18.8 Å². The molecule has 0 saturated carbocycles. The van der Waals surface area contributed by atoms with Crippen molar-refractivity contribution in [2.75, 3.05) is 17.6 Å². The molecule has 1 saturated heterocycles. The standard InChI is InChI=1S/C29H38N6O5S/c1-19-25(18-41-29-32-33-34-35(29)3)39-28(40-27(19)22-13-11-21(17-36)12-14-22)23-8-7-9-24(16-23)31-26(38)10-5-4-6-15-30-20(2)37/h7-9,11-14,16,19,25,27-28,36H,4-6,10,15,17-18H2,1-3H3,(H,30,37)(H,31,38)/t19-,25+,27+,28+/m0/s1. The molecule has 3 N–H and O–H groups in total. The van der Waals surface area contributed by atoms with E-state index in [0.717, 1.165) is 36.0 Å². The van der Waals surface area contributed by atoms with Crippen molar-refractivity contribution in [1.29, 1.82) is 0 Å². The maximum atomic E-state index is 12.6. The van der Waals surface area contributed by atoms with Gasteiger partial charge in [-0.1, -0.05) is 61.5 Å². The predicted molar refractivity (Wildman–Crippen MR) is 155 cm³/mol. The summed E-state index contributed by atoms with van der Waals surface area (Å²) in [6.07, 6.45) is 1.78. The summed E-state index contributed by atoms with van der Waals surface area (Å²) in [6, 6.07) is 15.3. The predicted octanol–water partition coefficient (Wildman–Crippen LogP) is 3.92. The van der Waals surface area contributed by atoms with Crippen molar-refractivity contribution >= 4 is 29.3 Å². The molecule has 0 radical (unpaired) electrons. The number of benzene rings is 2. The molecule has 2 heterocycles. The third-order valence-corrected chi connectivity index (χ3v) is 8.08. The van der Waals surface area contributed by atoms with Crippen molar-refractivity contribution < 1.29 is 24.2 Å². The molecule has 220 valence electrons. The van der Waals surface area contributed by atoms with E-state index in [0.29, 0.717) is 29.6 Å². The maximum Gasteiger partial charge on any atom is 0.224 e. The van der Waals surface area contributed by atoms with Crippen LogP contribution in [0.3, 0.4) is 0 Å². The van der Waals surface area contributed by atoms with Gasteiger partial charge in [-0.15, -0.1) is 5.10 Å². The smallest absolute Gasteiger partial charge is 0.224 e. The fourth-order valence-corrected chi connectivity index (χ4v) is 5.66. The highest BCUT2D eigenvalue weighted by Crippen LogP contribution is 2.43. The second-order valence-corrected chi connectivity index (χ2v) is 11.2. The minimum Gasteiger partial charge on any atom is -0.392 e. The fourth-order valence-electron chi connectivity index (χ4n) is 4.65. The van der Waals surface area contributed by atoms with Crippen LogP contribution in [0.4, 0.5) is 5.69 Å². The van der Waals surface area contributed by atoms with E-state index in [1.54, 1.807) is 11.7 Å². The number of unbranched alkanes of at least 4 members (excludes halogenated alkanes) is 2. The molecule has 4 atom stereocenters. The molecule has 1 fully saturated rings. The van der Waals surface area contributed by atoms with Gasteiger partial charge in [-0.3, -0.25) is 9.59 Å². The van der Waals surface area contributed by atoms with E-state index in [4.69, 9.17) is 9.47 Å². The van der Waals surface area contributed by atoms with Gasteiger partial charge in [0.15, 0.2) is 6.29 Å². The van der Waals surface area contributed by atoms with Gasteiger partial charge in [-0.25, -0.2) is 4.68 Å². The molecule has 0 aliphatic carbocycles. The zero-order valence-electron chi connectivity index (χ0n) is 23.7. The first-order valence-electron chi connectivity index (χ1n) is 13.8. The molecule has 2 amide bonds. The van der Waals surface area contributed by atoms with E-state index in [1.165, 1.54) is 18.7 Å². The van der Waals surface area contributed by atoms with Crippen molar-refractivity contribution in [3.63, 3.8) is 0 Å². The van der Waals surface area contributed by atoms with Gasteiger partial charge < -0.3 is 25.2 Å². The first kappa shape index (κ1) is 30.6. The van der Waals surface area contributed by atoms with Crippen LogP contribution < -0.4 is 10.6 Å². The monoisotopic (exact) mass is 582 g/mol. The first-order valence-corrected chi connectivity index (χ1v) is 14.8. The zero-order chi connectivity index (χ0) is 29.2. The minimum absolute atomic E-state index is 0.0202. The van der Waals surface area contributed by atoms with Crippen molar-refractivity contribution in [1.82, 2.24) is 25.5 Å². The third-order valence-electron chi connectivity index (χ3n) is 6.98. The number of thioether (sulfide) groups is 1. The average Bonchev–Trinajstić information content (AvgIpc) is 3.38. The second kappa shape index (κ2) is 15.1. The van der Waals surface area contributed by atoms with Gasteiger partial charge in [-0.05, 0) is 46.5 Å². The number of aliphatic hydroxyl groups is 1. The van der Waals surface area contributed by atoms with Crippen LogP contribution in [0.5, 0.6) is 0 Å². The number of aliphatic hydroxyl groups excluding tert-OH is 1. The van der Waals surface area contributed by atoms with E-state index in [1.807, 2.05) is 48.5 Å². The summed E-state index contributed by atoms with van der Waals surface area (Å²) in [5, 5.41) is 27.6. The summed E-state index contributed by atoms with van der Waals surface area (Å²) in [5.74, 6) is 0.545. The number of aryl methyl sites for hydroxylation is 1. The molecule has 3 aromatic rings. The molecular weight excluding hydrogens is 544 g/mol. The maximum absolute atomic E-state index is 12.6. The van der Waals surface area contributed by atoms with Crippen LogP contribution in [0.25, 0.3) is 0 Å². The Morgan fingerprint density at radius 2 is 1.88 bits per heavy atom. The Bertz CT molecular complexity index is 1290. The number of aromatic nitrogens is 4. The summed E-state index contributed by atoms with van der Waals surface area (Å²) in [5.41, 5.74) is 3.32. The van der Waals surface area contributed by atoms with Crippen LogP contribution in [-0.2, 0) is 32.7 Å². The normalized spacial score (nSPS) is 20.5. The lowest BCUT2D eigenvalue weighted by atomic mass is 9.91. The van der Waals surface area contributed by atoms with E-state index in [2.05, 4.69) is 33.1 Å². The molecule has 2 aromatic carbocycles. The van der Waals surface area contributed by atoms with Crippen LogP contribution >= 0.6 is 11.8 Å². The van der Waals surface area contributed by atoms with Gasteiger partial charge in [0.25, 0.3) is 0 Å². The fraction of sp³-hybridized carbons (Fsp3) is 0.483. The highest BCUT2D eigenvalue weighted by molar-refractivity contribution is 7.99. The van der Waals surface area contributed by atoms with Gasteiger partial charge in [0, 0.05) is 49.9 Å². The Balaban J connectivity index is 1.43. The molecule has 41 heavy (non-hydrogen) atoms. The van der Waals surface area contributed by atoms with Gasteiger partial charge in [-0.2, -0.15) is 0 Å². The quantitative estimate of drug-likeness (QED) is 0.202. The molecule has 12 heteroatoms. The highest BCUT2D eigenvalue weighted by atomic mass is 32.2. The van der Waals surface area contributed by atoms with Crippen molar-refractivity contribution in [2.24, 2.45) is 13.0 Å². The number of tetrazole rings is 1. The molecular formula is C29H38N6O5S.